The van der Waals surface area contributed by atoms with Gasteiger partial charge in [0.05, 0.1) is 18.4 Å². The Balaban J connectivity index is 1.67. The number of benzene rings is 1. The number of thioether (sulfide) groups is 1. The molecule has 1 aromatic rings. The first-order chi connectivity index (χ1) is 13.0. The molecule has 2 unspecified atom stereocenters. The Labute approximate surface area is 161 Å². The van der Waals surface area contributed by atoms with Gasteiger partial charge in [0.1, 0.15) is 5.82 Å². The summed E-state index contributed by atoms with van der Waals surface area (Å²) in [6, 6.07) is 5.11. The zero-order valence-electron chi connectivity index (χ0n) is 15.0. The van der Waals surface area contributed by atoms with Crippen molar-refractivity contribution in [1.82, 2.24) is 9.80 Å². The quantitative estimate of drug-likeness (QED) is 0.846. The zero-order chi connectivity index (χ0) is 19.4. The first kappa shape index (κ1) is 19.7. The van der Waals surface area contributed by atoms with Crippen molar-refractivity contribution in [2.24, 2.45) is 5.92 Å². The van der Waals surface area contributed by atoms with E-state index in [4.69, 9.17) is 5.11 Å². The van der Waals surface area contributed by atoms with Gasteiger partial charge in [-0.25, -0.2) is 4.39 Å². The summed E-state index contributed by atoms with van der Waals surface area (Å²) in [5, 5.41) is 9.11. The molecule has 2 amide bonds. The van der Waals surface area contributed by atoms with Crippen LogP contribution < -0.4 is 0 Å². The minimum absolute atomic E-state index is 0.0519. The maximum Gasteiger partial charge on any atom is 0.305 e. The average molecular weight is 394 g/mol. The van der Waals surface area contributed by atoms with Gasteiger partial charge in [-0.1, -0.05) is 0 Å². The number of hydrogen-bond donors (Lipinski definition) is 1. The molecule has 1 N–H and O–H groups in total. The van der Waals surface area contributed by atoms with E-state index in [9.17, 15) is 18.8 Å². The van der Waals surface area contributed by atoms with Gasteiger partial charge in [0.15, 0.2) is 0 Å². The summed E-state index contributed by atoms with van der Waals surface area (Å²) in [6.45, 7) is 1.43. The summed E-state index contributed by atoms with van der Waals surface area (Å²) in [5.74, 6) is -0.456. The van der Waals surface area contributed by atoms with Crippen LogP contribution in [0.15, 0.2) is 24.3 Å². The van der Waals surface area contributed by atoms with E-state index >= 15 is 0 Å². The van der Waals surface area contributed by atoms with Crippen LogP contribution in [0.4, 0.5) is 4.39 Å². The van der Waals surface area contributed by atoms with Crippen LogP contribution in [0.25, 0.3) is 0 Å². The molecule has 2 fully saturated rings. The topological polar surface area (TPSA) is 77.9 Å². The fourth-order valence-electron chi connectivity index (χ4n) is 3.69. The average Bonchev–Trinajstić information content (AvgIpc) is 2.67. The van der Waals surface area contributed by atoms with Crippen molar-refractivity contribution in [3.8, 4) is 0 Å². The molecule has 0 aliphatic carbocycles. The van der Waals surface area contributed by atoms with E-state index in [2.05, 4.69) is 0 Å². The Morgan fingerprint density at radius 1 is 1.19 bits per heavy atom. The standard InChI is InChI=1S/C19H23FN2O4S/c20-15-5-3-13(4-6-15)18(25)21-7-1-2-14(11-21)19(26)22-8-9-27-12-16(22)10-17(23)24/h3-6,14,16H,1-2,7-12H2,(H,23,24). The van der Waals surface area contributed by atoms with Crippen LogP contribution in [0.1, 0.15) is 29.6 Å². The van der Waals surface area contributed by atoms with Gasteiger partial charge in [-0.3, -0.25) is 14.4 Å². The molecule has 1 aromatic carbocycles. The van der Waals surface area contributed by atoms with Crippen LogP contribution in [0.2, 0.25) is 0 Å². The smallest absolute Gasteiger partial charge is 0.305 e. The Bertz CT molecular complexity index is 712. The van der Waals surface area contributed by atoms with Crippen molar-refractivity contribution in [2.75, 3.05) is 31.1 Å². The van der Waals surface area contributed by atoms with E-state index < -0.39 is 11.8 Å². The highest BCUT2D eigenvalue weighted by molar-refractivity contribution is 7.99. The molecule has 2 aliphatic rings. The molecule has 2 heterocycles. The lowest BCUT2D eigenvalue weighted by molar-refractivity contribution is -0.142. The van der Waals surface area contributed by atoms with Crippen molar-refractivity contribution >= 4 is 29.5 Å². The number of carboxylic acids is 1. The summed E-state index contributed by atoms with van der Waals surface area (Å²) in [7, 11) is 0. The second-order valence-electron chi connectivity index (χ2n) is 6.96. The molecule has 146 valence electrons. The van der Waals surface area contributed by atoms with Crippen LogP contribution in [0, 0.1) is 11.7 Å². The number of rotatable bonds is 4. The Morgan fingerprint density at radius 2 is 1.93 bits per heavy atom. The highest BCUT2D eigenvalue weighted by Crippen LogP contribution is 2.26. The lowest BCUT2D eigenvalue weighted by atomic mass is 9.95. The van der Waals surface area contributed by atoms with Gasteiger partial charge in [-0.2, -0.15) is 11.8 Å². The molecule has 2 aliphatic heterocycles. The van der Waals surface area contributed by atoms with Gasteiger partial charge in [-0.15, -0.1) is 0 Å². The third-order valence-electron chi connectivity index (χ3n) is 5.07. The van der Waals surface area contributed by atoms with Crippen molar-refractivity contribution in [1.29, 1.82) is 0 Å². The molecule has 0 spiro atoms. The maximum atomic E-state index is 13.1. The molecule has 8 heteroatoms. The number of likely N-dealkylation sites (tertiary alicyclic amines) is 1. The normalized spacial score (nSPS) is 23.1. The van der Waals surface area contributed by atoms with Gasteiger partial charge < -0.3 is 14.9 Å². The van der Waals surface area contributed by atoms with Crippen LogP contribution in [-0.2, 0) is 9.59 Å². The summed E-state index contributed by atoms with van der Waals surface area (Å²) >= 11 is 1.66. The number of piperidine rings is 1. The van der Waals surface area contributed by atoms with Gasteiger partial charge >= 0.3 is 5.97 Å². The van der Waals surface area contributed by atoms with Gasteiger partial charge in [0.2, 0.25) is 5.91 Å². The van der Waals surface area contributed by atoms with Crippen molar-refractivity contribution in [3.05, 3.63) is 35.6 Å². The molecule has 3 rings (SSSR count). The van der Waals surface area contributed by atoms with Crippen molar-refractivity contribution in [3.63, 3.8) is 0 Å². The first-order valence-corrected chi connectivity index (χ1v) is 10.3. The molecule has 6 nitrogen and oxygen atoms in total. The van der Waals surface area contributed by atoms with E-state index in [1.54, 1.807) is 21.6 Å². The molecule has 0 bridgehead atoms. The van der Waals surface area contributed by atoms with Crippen LogP contribution in [0.5, 0.6) is 0 Å². The third kappa shape index (κ3) is 4.80. The van der Waals surface area contributed by atoms with E-state index in [0.717, 1.165) is 12.2 Å². The van der Waals surface area contributed by atoms with E-state index in [1.807, 2.05) is 0 Å². The summed E-state index contributed by atoms with van der Waals surface area (Å²) in [6.07, 6.45) is 1.36. The number of halogens is 1. The summed E-state index contributed by atoms with van der Waals surface area (Å²) in [4.78, 5) is 40.1. The highest BCUT2D eigenvalue weighted by Gasteiger charge is 2.36. The lowest BCUT2D eigenvalue weighted by Gasteiger charge is -2.39. The Kier molecular flexibility index (Phi) is 6.36. The van der Waals surface area contributed by atoms with Crippen LogP contribution >= 0.6 is 11.8 Å². The summed E-state index contributed by atoms with van der Waals surface area (Å²) in [5.41, 5.74) is 0.405. The molecule has 0 radical (unpaired) electrons. The minimum Gasteiger partial charge on any atom is -0.481 e. The number of nitrogens with zero attached hydrogens (tertiary/aromatic N) is 2. The number of carbonyl (C=O) groups is 3. The Morgan fingerprint density at radius 3 is 2.63 bits per heavy atom. The number of aliphatic carboxylic acids is 1. The largest absolute Gasteiger partial charge is 0.481 e. The number of carboxylic acid groups (broad SMARTS) is 1. The molecule has 0 aromatic heterocycles. The van der Waals surface area contributed by atoms with Crippen molar-refractivity contribution in [2.45, 2.75) is 25.3 Å². The monoisotopic (exact) mass is 394 g/mol. The molecular weight excluding hydrogens is 371 g/mol. The molecule has 0 saturated carbocycles. The van der Waals surface area contributed by atoms with Crippen LogP contribution in [-0.4, -0.2) is 69.9 Å². The lowest BCUT2D eigenvalue weighted by Crippen LogP contribution is -2.52. The predicted molar refractivity (Wildman–Crippen MR) is 100 cm³/mol. The van der Waals surface area contributed by atoms with E-state index in [-0.39, 0.29) is 30.2 Å². The highest BCUT2D eigenvalue weighted by atomic mass is 32.2. The summed E-state index contributed by atoms with van der Waals surface area (Å²) < 4.78 is 13.1. The SMILES string of the molecule is O=C(O)CC1CSCCN1C(=O)C1CCCN(C(=O)c2ccc(F)cc2)C1. The van der Waals surface area contributed by atoms with E-state index in [1.165, 1.54) is 24.3 Å². The third-order valence-corrected chi connectivity index (χ3v) is 6.16. The number of hydrogen-bond acceptors (Lipinski definition) is 4. The van der Waals surface area contributed by atoms with Crippen molar-refractivity contribution < 1.29 is 23.9 Å². The van der Waals surface area contributed by atoms with Gasteiger partial charge in [0.25, 0.3) is 5.91 Å². The second-order valence-corrected chi connectivity index (χ2v) is 8.11. The fraction of sp³-hybridized carbons (Fsp3) is 0.526. The van der Waals surface area contributed by atoms with E-state index in [0.29, 0.717) is 37.4 Å². The predicted octanol–water partition coefficient (Wildman–Crippen LogP) is 2.10. The van der Waals surface area contributed by atoms with Gasteiger partial charge in [-0.05, 0) is 37.1 Å². The number of carbonyl (C=O) groups excluding carboxylic acids is 2. The fourth-order valence-corrected chi connectivity index (χ4v) is 4.75. The number of amides is 2. The van der Waals surface area contributed by atoms with Gasteiger partial charge in [0, 0.05) is 36.7 Å². The molecular formula is C19H23FN2O4S. The zero-order valence-corrected chi connectivity index (χ0v) is 15.8. The van der Waals surface area contributed by atoms with Crippen LogP contribution in [0.3, 0.4) is 0 Å². The maximum absolute atomic E-state index is 13.1. The Hall–Kier alpha value is -2.09. The molecule has 2 saturated heterocycles. The second kappa shape index (κ2) is 8.73. The first-order valence-electron chi connectivity index (χ1n) is 9.10. The molecule has 2 atom stereocenters. The molecule has 27 heavy (non-hydrogen) atoms. The minimum atomic E-state index is -0.906.